The van der Waals surface area contributed by atoms with Crippen molar-refractivity contribution in [1.29, 1.82) is 0 Å². The van der Waals surface area contributed by atoms with Crippen LogP contribution in [0, 0.1) is 0 Å². The van der Waals surface area contributed by atoms with E-state index in [4.69, 9.17) is 0 Å². The lowest BCUT2D eigenvalue weighted by molar-refractivity contribution is -0.0935. The first-order valence-electron chi connectivity index (χ1n) is 7.97. The third-order valence-electron chi connectivity index (χ3n) is 4.62. The molecule has 0 spiro atoms. The topological polar surface area (TPSA) is 53.4 Å². The van der Waals surface area contributed by atoms with Gasteiger partial charge in [-0.1, -0.05) is 56.7 Å². The SMILES string of the molecule is OC1CCCCCCCC[C@]1(O)c1nsc2ccccc12. The summed E-state index contributed by atoms with van der Waals surface area (Å²) in [6.45, 7) is 0. The van der Waals surface area contributed by atoms with E-state index in [0.29, 0.717) is 18.5 Å². The Morgan fingerprint density at radius 1 is 1.05 bits per heavy atom. The highest BCUT2D eigenvalue weighted by molar-refractivity contribution is 7.13. The van der Waals surface area contributed by atoms with Crippen molar-refractivity contribution in [3.8, 4) is 0 Å². The van der Waals surface area contributed by atoms with Gasteiger partial charge in [0.05, 0.1) is 16.5 Å². The van der Waals surface area contributed by atoms with Gasteiger partial charge in [-0.25, -0.2) is 0 Å². The Labute approximate surface area is 129 Å². The van der Waals surface area contributed by atoms with Crippen LogP contribution in [-0.2, 0) is 5.60 Å². The first-order chi connectivity index (χ1) is 10.2. The van der Waals surface area contributed by atoms with Gasteiger partial charge in [0, 0.05) is 5.39 Å². The molecule has 114 valence electrons. The Bertz CT molecular complexity index is 597. The standard InChI is InChI=1S/C17H23NO2S/c19-15-11-5-3-1-2-4-8-12-17(15,20)16-13-9-6-7-10-14(13)21-18-16/h6-7,9-10,15,19-20H,1-5,8,11-12H2/t15?,17-/m1/s1. The van der Waals surface area contributed by atoms with Crippen molar-refractivity contribution >= 4 is 21.6 Å². The zero-order valence-electron chi connectivity index (χ0n) is 12.3. The van der Waals surface area contributed by atoms with Crippen molar-refractivity contribution in [2.45, 2.75) is 63.1 Å². The smallest absolute Gasteiger partial charge is 0.134 e. The van der Waals surface area contributed by atoms with E-state index in [0.717, 1.165) is 35.8 Å². The van der Waals surface area contributed by atoms with Crippen molar-refractivity contribution < 1.29 is 10.2 Å². The molecule has 1 unspecified atom stereocenters. The predicted octanol–water partition coefficient (Wildman–Crippen LogP) is 3.98. The highest BCUT2D eigenvalue weighted by Crippen LogP contribution is 2.38. The molecule has 0 aliphatic heterocycles. The lowest BCUT2D eigenvalue weighted by Gasteiger charge is -2.33. The summed E-state index contributed by atoms with van der Waals surface area (Å²) in [6.07, 6.45) is 7.19. The van der Waals surface area contributed by atoms with Gasteiger partial charge in [-0.3, -0.25) is 0 Å². The maximum Gasteiger partial charge on any atom is 0.134 e. The Kier molecular flexibility index (Phi) is 4.57. The molecule has 1 aliphatic rings. The Hall–Kier alpha value is -0.970. The van der Waals surface area contributed by atoms with Crippen LogP contribution < -0.4 is 0 Å². The number of benzene rings is 1. The molecule has 4 heteroatoms. The molecule has 1 fully saturated rings. The largest absolute Gasteiger partial charge is 0.390 e. The van der Waals surface area contributed by atoms with Gasteiger partial charge in [0.25, 0.3) is 0 Å². The average Bonchev–Trinajstić information content (AvgIpc) is 2.93. The number of nitrogens with zero attached hydrogens (tertiary/aromatic N) is 1. The molecule has 1 aromatic heterocycles. The number of rotatable bonds is 1. The van der Waals surface area contributed by atoms with Gasteiger partial charge >= 0.3 is 0 Å². The minimum absolute atomic E-state index is 0.599. The normalized spacial score (nSPS) is 28.6. The maximum atomic E-state index is 11.2. The van der Waals surface area contributed by atoms with Crippen LogP contribution in [0.4, 0.5) is 0 Å². The van der Waals surface area contributed by atoms with E-state index >= 15 is 0 Å². The third-order valence-corrected chi connectivity index (χ3v) is 5.45. The van der Waals surface area contributed by atoms with Crippen LogP contribution in [0.2, 0.25) is 0 Å². The second-order valence-corrected chi connectivity index (χ2v) is 6.93. The van der Waals surface area contributed by atoms with E-state index in [1.54, 1.807) is 0 Å². The molecule has 2 aromatic rings. The minimum Gasteiger partial charge on any atom is -0.390 e. The van der Waals surface area contributed by atoms with Crippen LogP contribution in [0.25, 0.3) is 10.1 Å². The van der Waals surface area contributed by atoms with Crippen LogP contribution in [-0.4, -0.2) is 20.7 Å². The summed E-state index contributed by atoms with van der Waals surface area (Å²) in [4.78, 5) is 0. The van der Waals surface area contributed by atoms with Crippen LogP contribution >= 0.6 is 11.5 Å². The molecule has 0 amide bonds. The molecule has 1 aliphatic carbocycles. The predicted molar refractivity (Wildman–Crippen MR) is 86.5 cm³/mol. The van der Waals surface area contributed by atoms with Crippen molar-refractivity contribution in [2.75, 3.05) is 0 Å². The molecule has 1 aromatic carbocycles. The number of fused-ring (bicyclic) bond motifs is 1. The van der Waals surface area contributed by atoms with Crippen molar-refractivity contribution in [2.24, 2.45) is 0 Å². The van der Waals surface area contributed by atoms with Crippen molar-refractivity contribution in [3.63, 3.8) is 0 Å². The quantitative estimate of drug-likeness (QED) is 0.838. The molecule has 1 saturated carbocycles. The summed E-state index contributed by atoms with van der Waals surface area (Å²) < 4.78 is 5.57. The van der Waals surface area contributed by atoms with Gasteiger partial charge in [0.1, 0.15) is 5.60 Å². The highest BCUT2D eigenvalue weighted by atomic mass is 32.1. The van der Waals surface area contributed by atoms with Gasteiger partial charge in [-0.15, -0.1) is 0 Å². The fraction of sp³-hybridized carbons (Fsp3) is 0.588. The van der Waals surface area contributed by atoms with Gasteiger partial charge < -0.3 is 10.2 Å². The first-order valence-corrected chi connectivity index (χ1v) is 8.74. The van der Waals surface area contributed by atoms with Gasteiger partial charge in [0.2, 0.25) is 0 Å². The molecule has 2 atom stereocenters. The highest BCUT2D eigenvalue weighted by Gasteiger charge is 2.40. The fourth-order valence-corrected chi connectivity index (χ4v) is 4.17. The number of aliphatic hydroxyl groups excluding tert-OH is 1. The molecule has 3 nitrogen and oxygen atoms in total. The van der Waals surface area contributed by atoms with Gasteiger partial charge in [0.15, 0.2) is 0 Å². The molecule has 1 heterocycles. The second-order valence-electron chi connectivity index (χ2n) is 6.13. The number of hydrogen-bond acceptors (Lipinski definition) is 4. The summed E-state index contributed by atoms with van der Waals surface area (Å²) in [6, 6.07) is 7.97. The van der Waals surface area contributed by atoms with E-state index in [9.17, 15) is 10.2 Å². The zero-order valence-corrected chi connectivity index (χ0v) is 13.1. The molecular formula is C17H23NO2S. The maximum absolute atomic E-state index is 11.2. The van der Waals surface area contributed by atoms with Crippen LogP contribution in [0.1, 0.15) is 57.1 Å². The Morgan fingerprint density at radius 3 is 2.62 bits per heavy atom. The van der Waals surface area contributed by atoms with Crippen molar-refractivity contribution in [3.05, 3.63) is 30.0 Å². The second kappa shape index (κ2) is 6.42. The summed E-state index contributed by atoms with van der Waals surface area (Å²) >= 11 is 1.41. The summed E-state index contributed by atoms with van der Waals surface area (Å²) in [5.74, 6) is 0. The molecule has 0 radical (unpaired) electrons. The monoisotopic (exact) mass is 305 g/mol. The number of aliphatic hydroxyl groups is 2. The summed E-state index contributed by atoms with van der Waals surface area (Å²) in [5.41, 5.74) is -0.520. The molecular weight excluding hydrogens is 282 g/mol. The third kappa shape index (κ3) is 2.98. The Morgan fingerprint density at radius 2 is 1.76 bits per heavy atom. The van der Waals surface area contributed by atoms with Gasteiger partial charge in [-0.2, -0.15) is 4.37 Å². The van der Waals surface area contributed by atoms with E-state index < -0.39 is 11.7 Å². The number of aromatic nitrogens is 1. The fourth-order valence-electron chi connectivity index (χ4n) is 3.32. The molecule has 0 bridgehead atoms. The van der Waals surface area contributed by atoms with Crippen LogP contribution in [0.3, 0.4) is 0 Å². The molecule has 3 rings (SSSR count). The lowest BCUT2D eigenvalue weighted by Crippen LogP contribution is -2.40. The summed E-state index contributed by atoms with van der Waals surface area (Å²) in [7, 11) is 0. The van der Waals surface area contributed by atoms with E-state index in [2.05, 4.69) is 4.37 Å². The summed E-state index contributed by atoms with van der Waals surface area (Å²) in [5, 5.41) is 22.8. The molecule has 21 heavy (non-hydrogen) atoms. The average molecular weight is 305 g/mol. The Balaban J connectivity index is 1.97. The lowest BCUT2D eigenvalue weighted by atomic mass is 9.82. The van der Waals surface area contributed by atoms with Crippen LogP contribution in [0.5, 0.6) is 0 Å². The van der Waals surface area contributed by atoms with E-state index in [1.807, 2.05) is 24.3 Å². The van der Waals surface area contributed by atoms with E-state index in [-0.39, 0.29) is 0 Å². The van der Waals surface area contributed by atoms with Gasteiger partial charge in [-0.05, 0) is 30.4 Å². The minimum atomic E-state index is -1.20. The van der Waals surface area contributed by atoms with E-state index in [1.165, 1.54) is 24.4 Å². The van der Waals surface area contributed by atoms with Crippen LogP contribution in [0.15, 0.2) is 24.3 Å². The zero-order chi connectivity index (χ0) is 14.7. The molecule has 2 N–H and O–H groups in total. The van der Waals surface area contributed by atoms with Crippen molar-refractivity contribution in [1.82, 2.24) is 4.37 Å². The molecule has 0 saturated heterocycles. The number of hydrogen-bond donors (Lipinski definition) is 2. The first kappa shape index (κ1) is 14.9.